The molecule has 24 heavy (non-hydrogen) atoms. The third kappa shape index (κ3) is 2.48. The lowest BCUT2D eigenvalue weighted by Crippen LogP contribution is -2.27. The fraction of sp³-hybridized carbons (Fsp3) is 0.389. The molecule has 1 fully saturated rings. The van der Waals surface area contributed by atoms with Gasteiger partial charge in [-0.25, -0.2) is 14.4 Å². The Kier molecular flexibility index (Phi) is 3.93. The monoisotopic (exact) mass is 361 g/mol. The number of aromatic nitrogens is 2. The van der Waals surface area contributed by atoms with E-state index in [9.17, 15) is 4.39 Å². The third-order valence-electron chi connectivity index (χ3n) is 5.31. The quantitative estimate of drug-likeness (QED) is 0.591. The molecule has 3 nitrogen and oxygen atoms in total. The molecule has 0 N–H and O–H groups in total. The van der Waals surface area contributed by atoms with Gasteiger partial charge < -0.3 is 0 Å². The molecule has 2 heterocycles. The first-order chi connectivity index (χ1) is 11.5. The van der Waals surface area contributed by atoms with Gasteiger partial charge in [-0.15, -0.1) is 9.24 Å². The number of benzene rings is 1. The van der Waals surface area contributed by atoms with Crippen LogP contribution in [0.1, 0.15) is 49.4 Å². The van der Waals surface area contributed by atoms with Crippen molar-refractivity contribution >= 4 is 37.5 Å². The standard InChI is InChI=1S/C18H18ClFN3P/c1-10-18(4-2-3-5-18)12-6-11(7-13(20)16(12)22-10)8-14-15(24)9-21-17(19)23-14/h6-7,9H,2-5,8,24H2,1H3. The summed E-state index contributed by atoms with van der Waals surface area (Å²) in [5.74, 6) is -0.240. The molecule has 6 heteroatoms. The van der Waals surface area contributed by atoms with Crippen LogP contribution in [0.15, 0.2) is 23.3 Å². The number of hydrogen-bond donors (Lipinski definition) is 0. The summed E-state index contributed by atoms with van der Waals surface area (Å²) in [5.41, 5.74) is 4.29. The van der Waals surface area contributed by atoms with Gasteiger partial charge in [0.15, 0.2) is 0 Å². The van der Waals surface area contributed by atoms with E-state index in [1.165, 1.54) is 12.8 Å². The number of nitrogens with zero attached hydrogens (tertiary/aromatic N) is 3. The fourth-order valence-electron chi connectivity index (χ4n) is 4.05. The van der Waals surface area contributed by atoms with Crippen LogP contribution < -0.4 is 5.30 Å². The van der Waals surface area contributed by atoms with Crippen molar-refractivity contribution in [1.82, 2.24) is 9.97 Å². The van der Waals surface area contributed by atoms with Crippen LogP contribution in [0.25, 0.3) is 0 Å². The normalized spacial score (nSPS) is 18.1. The zero-order valence-corrected chi connectivity index (χ0v) is 15.4. The highest BCUT2D eigenvalue weighted by molar-refractivity contribution is 7.27. The predicted octanol–water partition coefficient (Wildman–Crippen LogP) is 4.28. The fourth-order valence-corrected chi connectivity index (χ4v) is 4.44. The molecule has 0 amide bonds. The van der Waals surface area contributed by atoms with Gasteiger partial charge in [0.2, 0.25) is 5.28 Å². The van der Waals surface area contributed by atoms with E-state index in [4.69, 9.17) is 11.6 Å². The average molecular weight is 362 g/mol. The second-order valence-electron chi connectivity index (χ2n) is 6.68. The van der Waals surface area contributed by atoms with Crippen molar-refractivity contribution in [3.8, 4) is 0 Å². The number of rotatable bonds is 2. The van der Waals surface area contributed by atoms with Crippen molar-refractivity contribution in [2.45, 2.75) is 44.4 Å². The SMILES string of the molecule is CC1=Nc2c(F)cc(Cc3nc(Cl)ncc3P)cc2C12CCCC2. The lowest BCUT2D eigenvalue weighted by Gasteiger charge is -2.25. The molecule has 4 rings (SSSR count). The van der Waals surface area contributed by atoms with Gasteiger partial charge in [-0.2, -0.15) is 0 Å². The summed E-state index contributed by atoms with van der Waals surface area (Å²) in [4.78, 5) is 12.8. The van der Waals surface area contributed by atoms with Crippen LogP contribution in [0.2, 0.25) is 5.28 Å². The molecular formula is C18H18ClFN3P. The van der Waals surface area contributed by atoms with Crippen LogP contribution in [0.5, 0.6) is 0 Å². The van der Waals surface area contributed by atoms with Crippen molar-refractivity contribution in [3.05, 3.63) is 46.3 Å². The summed E-state index contributed by atoms with van der Waals surface area (Å²) < 4.78 is 14.7. The van der Waals surface area contributed by atoms with E-state index in [-0.39, 0.29) is 16.5 Å². The molecule has 1 aromatic carbocycles. The molecule has 124 valence electrons. The van der Waals surface area contributed by atoms with Crippen molar-refractivity contribution in [2.24, 2.45) is 4.99 Å². The maximum absolute atomic E-state index is 14.7. The minimum atomic E-state index is -0.240. The smallest absolute Gasteiger partial charge is 0.222 e. The largest absolute Gasteiger partial charge is 0.254 e. The van der Waals surface area contributed by atoms with Crippen molar-refractivity contribution in [1.29, 1.82) is 0 Å². The Morgan fingerprint density at radius 3 is 2.79 bits per heavy atom. The Labute approximate surface area is 148 Å². The van der Waals surface area contributed by atoms with Crippen molar-refractivity contribution < 1.29 is 4.39 Å². The van der Waals surface area contributed by atoms with Crippen LogP contribution >= 0.6 is 20.8 Å². The van der Waals surface area contributed by atoms with Gasteiger partial charge in [-0.3, -0.25) is 4.99 Å². The van der Waals surface area contributed by atoms with Gasteiger partial charge in [0.05, 0.1) is 5.69 Å². The molecule has 0 radical (unpaired) electrons. The van der Waals surface area contributed by atoms with E-state index in [0.29, 0.717) is 12.1 Å². The molecule has 1 spiro atoms. The van der Waals surface area contributed by atoms with Gasteiger partial charge in [0.1, 0.15) is 11.5 Å². The molecule has 1 aliphatic heterocycles. The summed E-state index contributed by atoms with van der Waals surface area (Å²) in [7, 11) is 2.61. The van der Waals surface area contributed by atoms with E-state index in [1.807, 2.05) is 6.92 Å². The maximum atomic E-state index is 14.7. The van der Waals surface area contributed by atoms with Crippen molar-refractivity contribution in [3.63, 3.8) is 0 Å². The third-order valence-corrected chi connectivity index (χ3v) is 5.97. The van der Waals surface area contributed by atoms with Gasteiger partial charge in [0.25, 0.3) is 0 Å². The molecule has 1 aromatic heterocycles. The van der Waals surface area contributed by atoms with E-state index >= 15 is 0 Å². The molecule has 1 aliphatic carbocycles. The summed E-state index contributed by atoms with van der Waals surface area (Å²) in [6.07, 6.45) is 6.68. The highest BCUT2D eigenvalue weighted by Gasteiger charge is 2.44. The molecule has 2 aromatic rings. The zero-order valence-electron chi connectivity index (χ0n) is 13.4. The molecular weight excluding hydrogens is 344 g/mol. The van der Waals surface area contributed by atoms with Gasteiger partial charge in [-0.05, 0) is 48.6 Å². The Bertz CT molecular complexity index is 860. The molecule has 0 bridgehead atoms. The van der Waals surface area contributed by atoms with Gasteiger partial charge in [-0.1, -0.05) is 18.9 Å². The van der Waals surface area contributed by atoms with Gasteiger partial charge >= 0.3 is 0 Å². The minimum Gasteiger partial charge on any atom is -0.254 e. The number of aliphatic imine (C=N–C) groups is 1. The molecule has 1 unspecified atom stereocenters. The Morgan fingerprint density at radius 2 is 2.04 bits per heavy atom. The first kappa shape index (κ1) is 16.1. The van der Waals surface area contributed by atoms with Gasteiger partial charge in [0, 0.05) is 29.0 Å². The maximum Gasteiger partial charge on any atom is 0.222 e. The second kappa shape index (κ2) is 5.86. The summed E-state index contributed by atoms with van der Waals surface area (Å²) in [6, 6.07) is 3.69. The highest BCUT2D eigenvalue weighted by atomic mass is 35.5. The summed E-state index contributed by atoms with van der Waals surface area (Å²) in [6.45, 7) is 2.04. The Hall–Kier alpha value is -1.38. The predicted molar refractivity (Wildman–Crippen MR) is 98.5 cm³/mol. The average Bonchev–Trinajstić information content (AvgIpc) is 3.13. The number of halogens is 2. The lowest BCUT2D eigenvalue weighted by atomic mass is 9.76. The van der Waals surface area contributed by atoms with Crippen LogP contribution in [-0.2, 0) is 11.8 Å². The number of fused-ring (bicyclic) bond motifs is 2. The molecule has 1 saturated carbocycles. The van der Waals surface area contributed by atoms with Crippen LogP contribution in [-0.4, -0.2) is 15.7 Å². The van der Waals surface area contributed by atoms with Crippen molar-refractivity contribution in [2.75, 3.05) is 0 Å². The first-order valence-electron chi connectivity index (χ1n) is 8.15. The highest BCUT2D eigenvalue weighted by Crippen LogP contribution is 2.51. The Balaban J connectivity index is 1.77. The zero-order chi connectivity index (χ0) is 16.9. The lowest BCUT2D eigenvalue weighted by molar-refractivity contribution is 0.595. The summed E-state index contributed by atoms with van der Waals surface area (Å²) >= 11 is 5.90. The van der Waals surface area contributed by atoms with E-state index in [2.05, 4.69) is 30.3 Å². The molecule has 0 saturated heterocycles. The van der Waals surface area contributed by atoms with Crippen LogP contribution in [0, 0.1) is 5.82 Å². The van der Waals surface area contributed by atoms with Crippen LogP contribution in [0.3, 0.4) is 0 Å². The van der Waals surface area contributed by atoms with Crippen LogP contribution in [0.4, 0.5) is 10.1 Å². The molecule has 2 aliphatic rings. The van der Waals surface area contributed by atoms with E-state index in [0.717, 1.165) is 40.7 Å². The number of hydrogen-bond acceptors (Lipinski definition) is 3. The van der Waals surface area contributed by atoms with E-state index in [1.54, 1.807) is 12.3 Å². The topological polar surface area (TPSA) is 38.1 Å². The second-order valence-corrected chi connectivity index (χ2v) is 7.64. The van der Waals surface area contributed by atoms with E-state index < -0.39 is 0 Å². The minimum absolute atomic E-state index is 0.0563. The Morgan fingerprint density at radius 1 is 1.29 bits per heavy atom. The molecule has 1 atom stereocenters. The summed E-state index contributed by atoms with van der Waals surface area (Å²) in [5, 5.41) is 1.09. The first-order valence-corrected chi connectivity index (χ1v) is 9.11.